The molecule has 0 aliphatic heterocycles. The first-order chi connectivity index (χ1) is 16.2. The lowest BCUT2D eigenvalue weighted by atomic mass is 10.1. The van der Waals surface area contributed by atoms with E-state index in [1.165, 1.54) is 64.2 Å². The van der Waals surface area contributed by atoms with Gasteiger partial charge in [-0.1, -0.05) is 109 Å². The smallest absolute Gasteiger partial charge is 0.311 e. The number of carbonyl (C=O) groups excluding carboxylic acids is 1. The zero-order chi connectivity index (χ0) is 23.6. The standard InChI is InChI=1S/C30H44O3/c1-3-5-7-9-11-13-15-25-32-28-21-17-26(18-22-28)27-19-23-29(24-20-27)33-30(31)16-14-12-10-8-6-4-2/h17-24H,3-16,25H2,1-2H3. The van der Waals surface area contributed by atoms with Crippen LogP contribution in [0, 0.1) is 0 Å². The van der Waals surface area contributed by atoms with E-state index in [-0.39, 0.29) is 5.97 Å². The number of unbranched alkanes of at least 4 members (excludes halogenated alkanes) is 11. The second-order valence-corrected chi connectivity index (χ2v) is 9.01. The predicted octanol–water partition coefficient (Wildman–Crippen LogP) is 9.14. The van der Waals surface area contributed by atoms with Crippen molar-refractivity contribution in [2.24, 2.45) is 0 Å². The Bertz CT molecular complexity index is 749. The maximum absolute atomic E-state index is 12.0. The lowest BCUT2D eigenvalue weighted by Crippen LogP contribution is -2.07. The molecule has 0 amide bonds. The van der Waals surface area contributed by atoms with Crippen LogP contribution in [0.2, 0.25) is 0 Å². The van der Waals surface area contributed by atoms with Gasteiger partial charge in [-0.15, -0.1) is 0 Å². The molecule has 0 saturated heterocycles. The van der Waals surface area contributed by atoms with Gasteiger partial charge in [0.15, 0.2) is 0 Å². The van der Waals surface area contributed by atoms with Crippen LogP contribution < -0.4 is 9.47 Å². The summed E-state index contributed by atoms with van der Waals surface area (Å²) in [6.07, 6.45) is 16.6. The van der Waals surface area contributed by atoms with Crippen LogP contribution in [0.5, 0.6) is 11.5 Å². The number of ether oxygens (including phenoxy) is 2. The minimum absolute atomic E-state index is 0.138. The van der Waals surface area contributed by atoms with Gasteiger partial charge in [-0.25, -0.2) is 0 Å². The zero-order valence-corrected chi connectivity index (χ0v) is 21.0. The SMILES string of the molecule is CCCCCCCCCOc1ccc(-c2ccc(OC(=O)CCCCCCCC)cc2)cc1. The Labute approximate surface area is 201 Å². The van der Waals surface area contributed by atoms with Crippen LogP contribution in [-0.4, -0.2) is 12.6 Å². The maximum Gasteiger partial charge on any atom is 0.311 e. The molecule has 0 spiro atoms. The molecule has 0 aliphatic rings. The molecule has 2 aromatic rings. The molecule has 0 aliphatic carbocycles. The van der Waals surface area contributed by atoms with E-state index in [1.807, 2.05) is 36.4 Å². The average Bonchev–Trinajstić information content (AvgIpc) is 2.84. The van der Waals surface area contributed by atoms with Crippen molar-refractivity contribution in [2.75, 3.05) is 6.61 Å². The summed E-state index contributed by atoms with van der Waals surface area (Å²) >= 11 is 0. The van der Waals surface area contributed by atoms with Crippen molar-refractivity contribution in [3.05, 3.63) is 48.5 Å². The lowest BCUT2D eigenvalue weighted by Gasteiger charge is -2.09. The molecule has 0 radical (unpaired) electrons. The van der Waals surface area contributed by atoms with Crippen LogP contribution >= 0.6 is 0 Å². The van der Waals surface area contributed by atoms with Crippen molar-refractivity contribution in [3.63, 3.8) is 0 Å². The fourth-order valence-corrected chi connectivity index (χ4v) is 3.94. The monoisotopic (exact) mass is 452 g/mol. The van der Waals surface area contributed by atoms with Gasteiger partial charge in [0, 0.05) is 6.42 Å². The van der Waals surface area contributed by atoms with Gasteiger partial charge in [0.05, 0.1) is 6.61 Å². The second kappa shape index (κ2) is 17.2. The summed E-state index contributed by atoms with van der Waals surface area (Å²) in [7, 11) is 0. The highest BCUT2D eigenvalue weighted by molar-refractivity contribution is 5.73. The van der Waals surface area contributed by atoms with E-state index in [4.69, 9.17) is 9.47 Å². The highest BCUT2D eigenvalue weighted by Crippen LogP contribution is 2.25. The molecule has 0 saturated carbocycles. The van der Waals surface area contributed by atoms with Crippen molar-refractivity contribution in [2.45, 2.75) is 104 Å². The second-order valence-electron chi connectivity index (χ2n) is 9.01. The van der Waals surface area contributed by atoms with E-state index >= 15 is 0 Å². The third-order valence-electron chi connectivity index (χ3n) is 6.02. The number of rotatable bonds is 18. The normalized spacial score (nSPS) is 10.8. The van der Waals surface area contributed by atoms with Crippen LogP contribution in [0.3, 0.4) is 0 Å². The molecule has 182 valence electrons. The first kappa shape index (κ1) is 27.0. The Morgan fingerprint density at radius 2 is 1.03 bits per heavy atom. The Morgan fingerprint density at radius 1 is 0.576 bits per heavy atom. The van der Waals surface area contributed by atoms with Crippen LogP contribution in [0.4, 0.5) is 0 Å². The molecule has 3 nitrogen and oxygen atoms in total. The van der Waals surface area contributed by atoms with Gasteiger partial charge in [0.2, 0.25) is 0 Å². The minimum atomic E-state index is -0.138. The molecule has 0 bridgehead atoms. The Hall–Kier alpha value is -2.29. The summed E-state index contributed by atoms with van der Waals surface area (Å²) in [5.41, 5.74) is 2.23. The predicted molar refractivity (Wildman–Crippen MR) is 139 cm³/mol. The van der Waals surface area contributed by atoms with E-state index in [1.54, 1.807) is 0 Å². The summed E-state index contributed by atoms with van der Waals surface area (Å²) in [5, 5.41) is 0. The molecule has 0 fully saturated rings. The van der Waals surface area contributed by atoms with Crippen LogP contribution in [0.15, 0.2) is 48.5 Å². The average molecular weight is 453 g/mol. The van der Waals surface area contributed by atoms with Crippen LogP contribution in [-0.2, 0) is 4.79 Å². The molecule has 2 aromatic carbocycles. The molecule has 0 aromatic heterocycles. The van der Waals surface area contributed by atoms with Crippen molar-refractivity contribution >= 4 is 5.97 Å². The van der Waals surface area contributed by atoms with Crippen molar-refractivity contribution < 1.29 is 14.3 Å². The van der Waals surface area contributed by atoms with Crippen LogP contribution in [0.25, 0.3) is 11.1 Å². The number of benzene rings is 2. The fraction of sp³-hybridized carbons (Fsp3) is 0.567. The molecule has 0 atom stereocenters. The summed E-state index contributed by atoms with van der Waals surface area (Å²) in [6, 6.07) is 16.0. The Kier molecular flexibility index (Phi) is 14.1. The van der Waals surface area contributed by atoms with Gasteiger partial charge in [0.25, 0.3) is 0 Å². The molecule has 0 unspecified atom stereocenters. The van der Waals surface area contributed by atoms with E-state index in [0.29, 0.717) is 12.2 Å². The Balaban J connectivity index is 1.66. The van der Waals surface area contributed by atoms with E-state index in [0.717, 1.165) is 42.7 Å². The molecule has 33 heavy (non-hydrogen) atoms. The van der Waals surface area contributed by atoms with Crippen LogP contribution in [0.1, 0.15) is 104 Å². The molecular weight excluding hydrogens is 408 g/mol. The summed E-state index contributed by atoms with van der Waals surface area (Å²) in [5.74, 6) is 1.40. The Morgan fingerprint density at radius 3 is 1.58 bits per heavy atom. The summed E-state index contributed by atoms with van der Waals surface area (Å²) in [4.78, 5) is 12.0. The largest absolute Gasteiger partial charge is 0.494 e. The van der Waals surface area contributed by atoms with Crippen molar-refractivity contribution in [1.82, 2.24) is 0 Å². The minimum Gasteiger partial charge on any atom is -0.494 e. The van der Waals surface area contributed by atoms with Gasteiger partial charge < -0.3 is 9.47 Å². The third-order valence-corrected chi connectivity index (χ3v) is 6.02. The number of hydrogen-bond donors (Lipinski definition) is 0. The highest BCUT2D eigenvalue weighted by Gasteiger charge is 2.06. The summed E-state index contributed by atoms with van der Waals surface area (Å²) < 4.78 is 11.4. The van der Waals surface area contributed by atoms with E-state index in [2.05, 4.69) is 26.0 Å². The van der Waals surface area contributed by atoms with Gasteiger partial charge in [-0.05, 0) is 48.2 Å². The van der Waals surface area contributed by atoms with E-state index < -0.39 is 0 Å². The zero-order valence-electron chi connectivity index (χ0n) is 21.0. The molecule has 0 N–H and O–H groups in total. The van der Waals surface area contributed by atoms with E-state index in [9.17, 15) is 4.79 Å². The van der Waals surface area contributed by atoms with Crippen molar-refractivity contribution in [3.8, 4) is 22.6 Å². The first-order valence-corrected chi connectivity index (χ1v) is 13.3. The maximum atomic E-state index is 12.0. The molecule has 3 heteroatoms. The van der Waals surface area contributed by atoms with Gasteiger partial charge in [0.1, 0.15) is 11.5 Å². The third kappa shape index (κ3) is 11.9. The molecule has 2 rings (SSSR count). The number of esters is 1. The number of hydrogen-bond acceptors (Lipinski definition) is 3. The molecular formula is C30H44O3. The highest BCUT2D eigenvalue weighted by atomic mass is 16.5. The van der Waals surface area contributed by atoms with Gasteiger partial charge in [-0.2, -0.15) is 0 Å². The number of carbonyl (C=O) groups is 1. The lowest BCUT2D eigenvalue weighted by molar-refractivity contribution is -0.134. The van der Waals surface area contributed by atoms with Crippen molar-refractivity contribution in [1.29, 1.82) is 0 Å². The van der Waals surface area contributed by atoms with Gasteiger partial charge >= 0.3 is 5.97 Å². The van der Waals surface area contributed by atoms with Gasteiger partial charge in [-0.3, -0.25) is 4.79 Å². The molecule has 0 heterocycles. The summed E-state index contributed by atoms with van der Waals surface area (Å²) in [6.45, 7) is 5.25. The quantitative estimate of drug-likeness (QED) is 0.128. The topological polar surface area (TPSA) is 35.5 Å². The first-order valence-electron chi connectivity index (χ1n) is 13.3. The fourth-order valence-electron chi connectivity index (χ4n) is 3.94.